The number of aromatic nitrogens is 2. The number of aryl methyl sites for hydroxylation is 1. The van der Waals surface area contributed by atoms with Crippen LogP contribution in [0, 0.1) is 6.92 Å². The smallest absolute Gasteiger partial charge is 0.338 e. The molecule has 0 aliphatic heterocycles. The second kappa shape index (κ2) is 8.47. The number of hydrogen-bond acceptors (Lipinski definition) is 5. The standard InChI is InChI=1S/C19H16F3N3O2S/c1-12-4-2-3-5-15(12)18-24-17(27-25-18)11-28-10-16(26)23-14-8-6-13(7-9-14)19(20,21)22/h2-9H,10-11H2,1H3,(H,23,26). The Kier molecular flexibility index (Phi) is 6.03. The third kappa shape index (κ3) is 5.13. The molecule has 0 bridgehead atoms. The van der Waals surface area contributed by atoms with Crippen molar-refractivity contribution in [1.82, 2.24) is 10.1 Å². The fourth-order valence-corrected chi connectivity index (χ4v) is 3.07. The third-order valence-corrected chi connectivity index (χ3v) is 4.73. The summed E-state index contributed by atoms with van der Waals surface area (Å²) in [4.78, 5) is 16.3. The summed E-state index contributed by atoms with van der Waals surface area (Å²) >= 11 is 1.27. The molecule has 9 heteroatoms. The van der Waals surface area contributed by atoms with Gasteiger partial charge in [-0.25, -0.2) is 0 Å². The van der Waals surface area contributed by atoms with Crippen molar-refractivity contribution in [3.05, 3.63) is 65.5 Å². The van der Waals surface area contributed by atoms with Crippen LogP contribution >= 0.6 is 11.8 Å². The van der Waals surface area contributed by atoms with Crippen molar-refractivity contribution in [1.29, 1.82) is 0 Å². The van der Waals surface area contributed by atoms with Crippen LogP contribution in [-0.4, -0.2) is 21.8 Å². The Morgan fingerprint density at radius 2 is 1.86 bits per heavy atom. The van der Waals surface area contributed by atoms with E-state index in [1.54, 1.807) is 0 Å². The number of hydrogen-bond donors (Lipinski definition) is 1. The summed E-state index contributed by atoms with van der Waals surface area (Å²) in [6.07, 6.45) is -4.40. The number of carbonyl (C=O) groups is 1. The first-order chi connectivity index (χ1) is 13.3. The zero-order valence-electron chi connectivity index (χ0n) is 14.8. The number of thioether (sulfide) groups is 1. The van der Waals surface area contributed by atoms with E-state index in [4.69, 9.17) is 4.52 Å². The zero-order chi connectivity index (χ0) is 20.1. The molecule has 1 amide bonds. The minimum atomic E-state index is -4.40. The van der Waals surface area contributed by atoms with E-state index >= 15 is 0 Å². The SMILES string of the molecule is Cc1ccccc1-c1noc(CSCC(=O)Nc2ccc(C(F)(F)F)cc2)n1. The van der Waals surface area contributed by atoms with Gasteiger partial charge < -0.3 is 9.84 Å². The van der Waals surface area contributed by atoms with Gasteiger partial charge in [0.05, 0.1) is 17.1 Å². The quantitative estimate of drug-likeness (QED) is 0.627. The molecule has 1 N–H and O–H groups in total. The van der Waals surface area contributed by atoms with Crippen LogP contribution in [0.5, 0.6) is 0 Å². The molecule has 5 nitrogen and oxygen atoms in total. The van der Waals surface area contributed by atoms with Gasteiger partial charge in [0.25, 0.3) is 0 Å². The average molecular weight is 407 g/mol. The average Bonchev–Trinajstić information content (AvgIpc) is 3.10. The van der Waals surface area contributed by atoms with Crippen molar-refractivity contribution < 1.29 is 22.5 Å². The van der Waals surface area contributed by atoms with Crippen LogP contribution in [0.15, 0.2) is 53.1 Å². The Balaban J connectivity index is 1.49. The van der Waals surface area contributed by atoms with Crippen LogP contribution in [-0.2, 0) is 16.7 Å². The molecular weight excluding hydrogens is 391 g/mol. The van der Waals surface area contributed by atoms with Gasteiger partial charge in [-0.2, -0.15) is 18.2 Å². The van der Waals surface area contributed by atoms with E-state index in [0.29, 0.717) is 23.2 Å². The maximum absolute atomic E-state index is 12.5. The number of alkyl halides is 3. The normalized spacial score (nSPS) is 11.4. The summed E-state index contributed by atoms with van der Waals surface area (Å²) in [6, 6.07) is 11.9. The van der Waals surface area contributed by atoms with Crippen LogP contribution < -0.4 is 5.32 Å². The molecule has 0 saturated heterocycles. The summed E-state index contributed by atoms with van der Waals surface area (Å²) in [5.41, 5.74) is 1.44. The number of anilines is 1. The number of carbonyl (C=O) groups excluding carboxylic acids is 1. The molecule has 3 rings (SSSR count). The van der Waals surface area contributed by atoms with Crippen LogP contribution in [0.2, 0.25) is 0 Å². The first-order valence-corrected chi connectivity index (χ1v) is 9.42. The number of halogens is 3. The Hall–Kier alpha value is -2.81. The Morgan fingerprint density at radius 1 is 1.14 bits per heavy atom. The molecule has 0 fully saturated rings. The number of amides is 1. The van der Waals surface area contributed by atoms with Gasteiger partial charge in [0.2, 0.25) is 17.6 Å². The van der Waals surface area contributed by atoms with E-state index in [9.17, 15) is 18.0 Å². The monoisotopic (exact) mass is 407 g/mol. The molecule has 0 unspecified atom stereocenters. The largest absolute Gasteiger partial charge is 0.416 e. The van der Waals surface area contributed by atoms with Gasteiger partial charge >= 0.3 is 6.18 Å². The van der Waals surface area contributed by atoms with Crippen molar-refractivity contribution in [3.8, 4) is 11.4 Å². The number of nitrogens with zero attached hydrogens (tertiary/aromatic N) is 2. The van der Waals surface area contributed by atoms with E-state index in [-0.39, 0.29) is 11.7 Å². The second-order valence-electron chi connectivity index (χ2n) is 5.94. The molecule has 0 aliphatic rings. The zero-order valence-corrected chi connectivity index (χ0v) is 15.6. The van der Waals surface area contributed by atoms with Gasteiger partial charge in [0.15, 0.2) is 0 Å². The van der Waals surface area contributed by atoms with E-state index in [2.05, 4.69) is 15.5 Å². The highest BCUT2D eigenvalue weighted by atomic mass is 32.2. The highest BCUT2D eigenvalue weighted by Crippen LogP contribution is 2.29. The topological polar surface area (TPSA) is 68.0 Å². The molecule has 1 aromatic heterocycles. The Morgan fingerprint density at radius 3 is 2.54 bits per heavy atom. The van der Waals surface area contributed by atoms with Gasteiger partial charge in [-0.1, -0.05) is 29.4 Å². The van der Waals surface area contributed by atoms with Gasteiger partial charge in [0, 0.05) is 11.3 Å². The summed E-state index contributed by atoms with van der Waals surface area (Å²) in [7, 11) is 0. The van der Waals surface area contributed by atoms with Crippen LogP contribution in [0.1, 0.15) is 17.0 Å². The summed E-state index contributed by atoms with van der Waals surface area (Å²) in [5.74, 6) is 1.000. The van der Waals surface area contributed by atoms with Crippen molar-refractivity contribution in [2.75, 3.05) is 11.1 Å². The van der Waals surface area contributed by atoms with Crippen LogP contribution in [0.3, 0.4) is 0 Å². The van der Waals surface area contributed by atoms with E-state index in [1.165, 1.54) is 23.9 Å². The minimum Gasteiger partial charge on any atom is -0.338 e. The maximum atomic E-state index is 12.5. The lowest BCUT2D eigenvalue weighted by atomic mass is 10.1. The molecule has 1 heterocycles. The number of benzene rings is 2. The fourth-order valence-electron chi connectivity index (χ4n) is 2.42. The number of nitrogens with one attached hydrogen (secondary N) is 1. The fraction of sp³-hybridized carbons (Fsp3) is 0.211. The molecule has 3 aromatic rings. The van der Waals surface area contributed by atoms with Crippen molar-refractivity contribution in [3.63, 3.8) is 0 Å². The molecule has 2 aromatic carbocycles. The van der Waals surface area contributed by atoms with E-state index < -0.39 is 11.7 Å². The molecular formula is C19H16F3N3O2S. The second-order valence-corrected chi connectivity index (χ2v) is 6.93. The van der Waals surface area contributed by atoms with Gasteiger partial charge in [0.1, 0.15) is 0 Å². The maximum Gasteiger partial charge on any atom is 0.416 e. The van der Waals surface area contributed by atoms with Crippen molar-refractivity contribution >= 4 is 23.4 Å². The Bertz CT molecular complexity index is 956. The molecule has 0 radical (unpaired) electrons. The highest BCUT2D eigenvalue weighted by Gasteiger charge is 2.29. The van der Waals surface area contributed by atoms with Crippen molar-refractivity contribution in [2.45, 2.75) is 18.9 Å². The molecule has 0 spiro atoms. The molecule has 0 atom stereocenters. The Labute approximate surface area is 163 Å². The summed E-state index contributed by atoms with van der Waals surface area (Å²) < 4.78 is 42.8. The molecule has 0 saturated carbocycles. The lowest BCUT2D eigenvalue weighted by Gasteiger charge is -2.08. The third-order valence-electron chi connectivity index (χ3n) is 3.81. The summed E-state index contributed by atoms with van der Waals surface area (Å²) in [5, 5.41) is 6.50. The highest BCUT2D eigenvalue weighted by molar-refractivity contribution is 7.99. The number of rotatable bonds is 6. The molecule has 28 heavy (non-hydrogen) atoms. The van der Waals surface area contributed by atoms with Gasteiger partial charge in [-0.05, 0) is 36.8 Å². The summed E-state index contributed by atoms with van der Waals surface area (Å²) in [6.45, 7) is 1.95. The lowest BCUT2D eigenvalue weighted by Crippen LogP contribution is -2.14. The first-order valence-electron chi connectivity index (χ1n) is 8.26. The van der Waals surface area contributed by atoms with E-state index in [1.807, 2.05) is 31.2 Å². The predicted octanol–water partition coefficient (Wildman–Crippen LogP) is 4.94. The van der Waals surface area contributed by atoms with Crippen molar-refractivity contribution in [2.24, 2.45) is 0 Å². The van der Waals surface area contributed by atoms with Crippen LogP contribution in [0.4, 0.5) is 18.9 Å². The minimum absolute atomic E-state index is 0.100. The predicted molar refractivity (Wildman–Crippen MR) is 101 cm³/mol. The van der Waals surface area contributed by atoms with E-state index in [0.717, 1.165) is 23.3 Å². The van der Waals surface area contributed by atoms with Gasteiger partial charge in [-0.15, -0.1) is 11.8 Å². The van der Waals surface area contributed by atoms with Crippen LogP contribution in [0.25, 0.3) is 11.4 Å². The van der Waals surface area contributed by atoms with Gasteiger partial charge in [-0.3, -0.25) is 4.79 Å². The molecule has 0 aliphatic carbocycles. The lowest BCUT2D eigenvalue weighted by molar-refractivity contribution is -0.137. The molecule has 146 valence electrons. The first kappa shape index (κ1) is 19.9.